The van der Waals surface area contributed by atoms with Crippen LogP contribution >= 0.6 is 0 Å². The highest BCUT2D eigenvalue weighted by atomic mass is 16.5. The maximum Gasteiger partial charge on any atom is 0.309 e. The molecule has 1 saturated heterocycles. The topological polar surface area (TPSA) is 59.8 Å². The van der Waals surface area contributed by atoms with E-state index in [0.717, 1.165) is 48.3 Å². The van der Waals surface area contributed by atoms with E-state index in [4.69, 9.17) is 4.74 Å². The summed E-state index contributed by atoms with van der Waals surface area (Å²) in [5.41, 5.74) is 4.02. The van der Waals surface area contributed by atoms with Crippen LogP contribution in [0.25, 0.3) is 0 Å². The van der Waals surface area contributed by atoms with Crippen molar-refractivity contribution in [3.63, 3.8) is 0 Å². The molecule has 2 N–H and O–H groups in total. The Bertz CT molecular complexity index is 842. The number of anilines is 1. The second-order valence-electron chi connectivity index (χ2n) is 7.84. The molecule has 1 amide bonds. The van der Waals surface area contributed by atoms with Gasteiger partial charge in [0.15, 0.2) is 6.04 Å². The van der Waals surface area contributed by atoms with Gasteiger partial charge in [-0.15, -0.1) is 0 Å². The first-order chi connectivity index (χ1) is 14.0. The van der Waals surface area contributed by atoms with E-state index < -0.39 is 0 Å². The summed E-state index contributed by atoms with van der Waals surface area (Å²) >= 11 is 0. The Hall–Kier alpha value is -2.66. The molecule has 0 unspecified atom stereocenters. The van der Waals surface area contributed by atoms with Crippen LogP contribution in [0.3, 0.4) is 0 Å². The molecule has 1 aliphatic rings. The zero-order valence-corrected chi connectivity index (χ0v) is 17.5. The summed E-state index contributed by atoms with van der Waals surface area (Å²) in [6.07, 6.45) is 1.49. The minimum absolute atomic E-state index is 0.00511. The van der Waals surface area contributed by atoms with Crippen molar-refractivity contribution in [3.05, 3.63) is 65.2 Å². The predicted molar refractivity (Wildman–Crippen MR) is 114 cm³/mol. The minimum Gasteiger partial charge on any atom is -0.466 e. The quantitative estimate of drug-likeness (QED) is 0.740. The Morgan fingerprint density at radius 1 is 1.10 bits per heavy atom. The van der Waals surface area contributed by atoms with E-state index >= 15 is 0 Å². The lowest BCUT2D eigenvalue weighted by Crippen LogP contribution is -3.14. The largest absolute Gasteiger partial charge is 0.466 e. The van der Waals surface area contributed by atoms with Crippen molar-refractivity contribution in [1.82, 2.24) is 0 Å². The third-order valence-electron chi connectivity index (χ3n) is 5.70. The van der Waals surface area contributed by atoms with Gasteiger partial charge in [-0.25, -0.2) is 0 Å². The van der Waals surface area contributed by atoms with E-state index in [1.54, 1.807) is 0 Å². The molecular formula is C24H31N2O3+. The zero-order chi connectivity index (χ0) is 20.8. The number of nitrogens with one attached hydrogen (secondary N) is 2. The number of likely N-dealkylation sites (tertiary alicyclic amines) is 1. The number of hydrogen-bond donors (Lipinski definition) is 2. The van der Waals surface area contributed by atoms with Crippen LogP contribution in [0.4, 0.5) is 5.69 Å². The molecule has 0 bridgehead atoms. The van der Waals surface area contributed by atoms with Gasteiger partial charge >= 0.3 is 5.97 Å². The van der Waals surface area contributed by atoms with Crippen molar-refractivity contribution in [3.8, 4) is 0 Å². The average Bonchev–Trinajstić information content (AvgIpc) is 2.72. The van der Waals surface area contributed by atoms with Crippen LogP contribution < -0.4 is 10.2 Å². The molecule has 1 aliphatic heterocycles. The van der Waals surface area contributed by atoms with Gasteiger partial charge in [0.25, 0.3) is 5.91 Å². The fourth-order valence-corrected chi connectivity index (χ4v) is 4.07. The maximum atomic E-state index is 13.4. The molecule has 5 heteroatoms. The molecule has 3 rings (SSSR count). The molecule has 0 aliphatic carbocycles. The van der Waals surface area contributed by atoms with Gasteiger partial charge in [-0.1, -0.05) is 42.5 Å². The van der Waals surface area contributed by atoms with Crippen molar-refractivity contribution < 1.29 is 19.2 Å². The number of hydrogen-bond acceptors (Lipinski definition) is 3. The number of aryl methyl sites for hydroxylation is 2. The highest BCUT2D eigenvalue weighted by Gasteiger charge is 2.37. The molecule has 0 radical (unpaired) electrons. The summed E-state index contributed by atoms with van der Waals surface area (Å²) in [5.74, 6) is -0.172. The fourth-order valence-electron chi connectivity index (χ4n) is 4.07. The maximum absolute atomic E-state index is 13.4. The number of quaternary nitrogens is 1. The molecule has 0 saturated carbocycles. The van der Waals surface area contributed by atoms with Crippen molar-refractivity contribution in [2.24, 2.45) is 5.92 Å². The average molecular weight is 396 g/mol. The molecule has 1 atom stereocenters. The standard InChI is InChI=1S/C24H30N2O3/c1-4-29-24(28)20-12-14-26(15-13-20)22(19-8-6-5-7-9-19)23(27)25-21-16-17(2)10-11-18(21)3/h5-11,16,20,22H,4,12-15H2,1-3H3,(H,25,27)/p+1/t22-/m1/s1. The lowest BCUT2D eigenvalue weighted by atomic mass is 9.94. The Morgan fingerprint density at radius 2 is 1.79 bits per heavy atom. The summed E-state index contributed by atoms with van der Waals surface area (Å²) in [5, 5.41) is 3.15. The molecule has 154 valence electrons. The predicted octanol–water partition coefficient (Wildman–Crippen LogP) is 2.84. The van der Waals surface area contributed by atoms with Crippen molar-refractivity contribution in [1.29, 1.82) is 0 Å². The number of ether oxygens (including phenoxy) is 1. The molecular weight excluding hydrogens is 364 g/mol. The third-order valence-corrected chi connectivity index (χ3v) is 5.70. The first-order valence-corrected chi connectivity index (χ1v) is 10.4. The highest BCUT2D eigenvalue weighted by Crippen LogP contribution is 2.20. The van der Waals surface area contributed by atoms with Crippen LogP contribution in [-0.4, -0.2) is 31.6 Å². The summed E-state index contributed by atoms with van der Waals surface area (Å²) in [6, 6.07) is 15.7. The Morgan fingerprint density at radius 3 is 2.45 bits per heavy atom. The number of amides is 1. The molecule has 5 nitrogen and oxygen atoms in total. The summed E-state index contributed by atoms with van der Waals surface area (Å²) in [4.78, 5) is 26.6. The number of rotatable bonds is 6. The lowest BCUT2D eigenvalue weighted by Gasteiger charge is -2.33. The van der Waals surface area contributed by atoms with Crippen molar-refractivity contribution in [2.45, 2.75) is 39.7 Å². The molecule has 29 heavy (non-hydrogen) atoms. The zero-order valence-electron chi connectivity index (χ0n) is 17.5. The van der Waals surface area contributed by atoms with E-state index in [9.17, 15) is 9.59 Å². The van der Waals surface area contributed by atoms with E-state index in [-0.39, 0.29) is 23.8 Å². The molecule has 1 heterocycles. The number of piperidine rings is 1. The van der Waals surface area contributed by atoms with Gasteiger partial charge < -0.3 is 15.0 Å². The van der Waals surface area contributed by atoms with Crippen LogP contribution in [0.1, 0.15) is 42.5 Å². The van der Waals surface area contributed by atoms with Gasteiger partial charge in [-0.2, -0.15) is 0 Å². The van der Waals surface area contributed by atoms with Crippen LogP contribution in [0, 0.1) is 19.8 Å². The second kappa shape index (κ2) is 9.70. The molecule has 0 aromatic heterocycles. The summed E-state index contributed by atoms with van der Waals surface area (Å²) in [6.45, 7) is 7.81. The third kappa shape index (κ3) is 5.24. The first-order valence-electron chi connectivity index (χ1n) is 10.4. The monoisotopic (exact) mass is 395 g/mol. The van der Waals surface area contributed by atoms with Crippen LogP contribution in [0.2, 0.25) is 0 Å². The smallest absolute Gasteiger partial charge is 0.309 e. The van der Waals surface area contributed by atoms with Crippen LogP contribution in [0.5, 0.6) is 0 Å². The van der Waals surface area contributed by atoms with Gasteiger partial charge in [0.05, 0.1) is 25.6 Å². The highest BCUT2D eigenvalue weighted by molar-refractivity contribution is 5.95. The van der Waals surface area contributed by atoms with E-state index in [1.807, 2.05) is 69.3 Å². The molecule has 0 spiro atoms. The molecule has 2 aromatic rings. The number of carbonyl (C=O) groups excluding carboxylic acids is 2. The number of benzene rings is 2. The fraction of sp³-hybridized carbons (Fsp3) is 0.417. The Labute approximate surface area is 173 Å². The van der Waals surface area contributed by atoms with E-state index in [2.05, 4.69) is 5.32 Å². The summed E-state index contributed by atoms with van der Waals surface area (Å²) in [7, 11) is 0. The van der Waals surface area contributed by atoms with Gasteiger partial charge in [-0.05, 0) is 38.0 Å². The molecule has 2 aromatic carbocycles. The van der Waals surface area contributed by atoms with Gasteiger partial charge in [0, 0.05) is 24.1 Å². The van der Waals surface area contributed by atoms with Crippen molar-refractivity contribution >= 4 is 17.6 Å². The van der Waals surface area contributed by atoms with Crippen LogP contribution in [-0.2, 0) is 14.3 Å². The van der Waals surface area contributed by atoms with Gasteiger partial charge in [-0.3, -0.25) is 9.59 Å². The van der Waals surface area contributed by atoms with E-state index in [1.165, 1.54) is 4.90 Å². The Balaban J connectivity index is 1.78. The Kier molecular flexibility index (Phi) is 7.04. The SMILES string of the molecule is CCOC(=O)C1CC[NH+]([C@@H](C(=O)Nc2cc(C)ccc2C)c2ccccc2)CC1. The second-order valence-corrected chi connectivity index (χ2v) is 7.84. The minimum atomic E-state index is -0.306. The number of carbonyl (C=O) groups is 2. The van der Waals surface area contributed by atoms with Crippen LogP contribution in [0.15, 0.2) is 48.5 Å². The number of esters is 1. The molecule has 1 fully saturated rings. The van der Waals surface area contributed by atoms with Gasteiger partial charge in [0.1, 0.15) is 0 Å². The first kappa shape index (κ1) is 21.1. The lowest BCUT2D eigenvalue weighted by molar-refractivity contribution is -0.927. The summed E-state index contributed by atoms with van der Waals surface area (Å²) < 4.78 is 5.19. The van der Waals surface area contributed by atoms with Gasteiger partial charge in [0.2, 0.25) is 0 Å². The van der Waals surface area contributed by atoms with Crippen molar-refractivity contribution in [2.75, 3.05) is 25.0 Å². The van der Waals surface area contributed by atoms with E-state index in [0.29, 0.717) is 6.61 Å². The normalized spacial score (nSPS) is 20.0.